The second-order valence-electron chi connectivity index (χ2n) is 7.46. The van der Waals surface area contributed by atoms with Gasteiger partial charge < -0.3 is 20.3 Å². The number of amides is 1. The standard InChI is InChI=1S/C24H19I2NO5/c25-14-9-13(22(28)20(26)11-14)10-21(23(29)30)27-24(31)32-12-19-17-7-3-1-5-15(17)16-6-2-4-8-18(16)19/h1-9,11,19,21,28H,10,12H2,(H,27,31)(H,29,30). The second kappa shape index (κ2) is 9.65. The van der Waals surface area contributed by atoms with Crippen LogP contribution in [0.5, 0.6) is 5.75 Å². The van der Waals surface area contributed by atoms with E-state index in [1.165, 1.54) is 0 Å². The number of rotatable bonds is 6. The number of carboxylic acids is 1. The molecule has 1 atom stereocenters. The number of halogens is 2. The number of aromatic hydroxyl groups is 1. The Balaban J connectivity index is 1.46. The minimum absolute atomic E-state index is 0.0200. The lowest BCUT2D eigenvalue weighted by Gasteiger charge is -2.18. The Hall–Kier alpha value is -2.34. The Kier molecular flexibility index (Phi) is 6.89. The first-order chi connectivity index (χ1) is 15.3. The molecule has 0 fully saturated rings. The monoisotopic (exact) mass is 655 g/mol. The van der Waals surface area contributed by atoms with E-state index in [2.05, 4.69) is 27.9 Å². The van der Waals surface area contributed by atoms with Crippen molar-refractivity contribution in [3.63, 3.8) is 0 Å². The number of alkyl carbamates (subject to hydrolysis) is 1. The Bertz CT molecular complexity index is 1150. The summed E-state index contributed by atoms with van der Waals surface area (Å²) in [5, 5.41) is 22.3. The van der Waals surface area contributed by atoms with Gasteiger partial charge in [-0.25, -0.2) is 9.59 Å². The van der Waals surface area contributed by atoms with Crippen molar-refractivity contribution in [1.29, 1.82) is 0 Å². The summed E-state index contributed by atoms with van der Waals surface area (Å²) in [5.41, 5.74) is 4.84. The molecule has 3 N–H and O–H groups in total. The van der Waals surface area contributed by atoms with E-state index in [9.17, 15) is 19.8 Å². The molecule has 1 amide bonds. The van der Waals surface area contributed by atoms with Crippen molar-refractivity contribution < 1.29 is 24.5 Å². The Labute approximate surface area is 212 Å². The maximum atomic E-state index is 12.5. The zero-order valence-electron chi connectivity index (χ0n) is 16.7. The summed E-state index contributed by atoms with van der Waals surface area (Å²) in [6.45, 7) is 0.0958. The predicted octanol–water partition coefficient (Wildman–Crippen LogP) is 5.14. The summed E-state index contributed by atoms with van der Waals surface area (Å²) in [4.78, 5) is 24.2. The topological polar surface area (TPSA) is 95.9 Å². The fourth-order valence-electron chi connectivity index (χ4n) is 3.98. The minimum atomic E-state index is -1.23. The number of phenolic OH excluding ortho intramolecular Hbond substituents is 1. The van der Waals surface area contributed by atoms with Gasteiger partial charge in [0.1, 0.15) is 18.4 Å². The van der Waals surface area contributed by atoms with Crippen LogP contribution in [0.4, 0.5) is 4.79 Å². The molecule has 0 saturated carbocycles. The van der Waals surface area contributed by atoms with E-state index in [1.807, 2.05) is 71.1 Å². The molecular formula is C24H19I2NO5. The number of nitrogens with one attached hydrogen (secondary N) is 1. The molecule has 0 aromatic heterocycles. The molecule has 0 saturated heterocycles. The summed E-state index contributed by atoms with van der Waals surface area (Å²) < 4.78 is 6.94. The van der Waals surface area contributed by atoms with Gasteiger partial charge in [0.05, 0.1) is 3.57 Å². The van der Waals surface area contributed by atoms with Crippen LogP contribution in [-0.2, 0) is 16.0 Å². The average molecular weight is 655 g/mol. The van der Waals surface area contributed by atoms with Gasteiger partial charge in [-0.05, 0) is 85.1 Å². The van der Waals surface area contributed by atoms with Crippen molar-refractivity contribution in [2.24, 2.45) is 0 Å². The zero-order chi connectivity index (χ0) is 22.8. The quantitative estimate of drug-likeness (QED) is 0.320. The molecule has 0 aliphatic heterocycles. The maximum absolute atomic E-state index is 12.5. The van der Waals surface area contributed by atoms with Crippen LogP contribution in [0.2, 0.25) is 0 Å². The molecule has 0 heterocycles. The van der Waals surface area contributed by atoms with Crippen molar-refractivity contribution in [3.05, 3.63) is 84.5 Å². The molecule has 8 heteroatoms. The first-order valence-corrected chi connectivity index (χ1v) is 12.0. The third kappa shape index (κ3) is 4.70. The highest BCUT2D eigenvalue weighted by molar-refractivity contribution is 14.1. The second-order valence-corrected chi connectivity index (χ2v) is 9.87. The number of carbonyl (C=O) groups excluding carboxylic acids is 1. The normalized spacial score (nSPS) is 13.2. The molecule has 4 rings (SSSR count). The lowest BCUT2D eigenvalue weighted by Crippen LogP contribution is -2.43. The summed E-state index contributed by atoms with van der Waals surface area (Å²) in [6, 6.07) is 18.2. The summed E-state index contributed by atoms with van der Waals surface area (Å²) in [7, 11) is 0. The van der Waals surface area contributed by atoms with Gasteiger partial charge in [0.2, 0.25) is 0 Å². The molecule has 1 aliphatic carbocycles. The van der Waals surface area contributed by atoms with Crippen molar-refractivity contribution >= 4 is 57.2 Å². The van der Waals surface area contributed by atoms with Gasteiger partial charge in [-0.1, -0.05) is 48.5 Å². The van der Waals surface area contributed by atoms with Gasteiger partial charge in [-0.3, -0.25) is 0 Å². The van der Waals surface area contributed by atoms with Crippen LogP contribution in [0.3, 0.4) is 0 Å². The molecule has 0 spiro atoms. The molecule has 164 valence electrons. The van der Waals surface area contributed by atoms with E-state index < -0.39 is 18.1 Å². The number of carbonyl (C=O) groups is 2. The van der Waals surface area contributed by atoms with Gasteiger partial charge in [-0.15, -0.1) is 0 Å². The molecule has 1 unspecified atom stereocenters. The summed E-state index contributed by atoms with van der Waals surface area (Å²) in [5.74, 6) is -1.30. The lowest BCUT2D eigenvalue weighted by molar-refractivity contribution is -0.139. The summed E-state index contributed by atoms with van der Waals surface area (Å²) in [6.07, 6.45) is -0.864. The zero-order valence-corrected chi connectivity index (χ0v) is 21.0. The van der Waals surface area contributed by atoms with Gasteiger partial charge in [-0.2, -0.15) is 0 Å². The number of ether oxygens (including phenoxy) is 1. The number of fused-ring (bicyclic) bond motifs is 3. The van der Waals surface area contributed by atoms with Crippen LogP contribution in [0.15, 0.2) is 60.7 Å². The third-order valence-corrected chi connectivity index (χ3v) is 6.91. The fraction of sp³-hybridized carbons (Fsp3) is 0.167. The first kappa shape index (κ1) is 22.8. The van der Waals surface area contributed by atoms with E-state index in [4.69, 9.17) is 4.74 Å². The minimum Gasteiger partial charge on any atom is -0.507 e. The van der Waals surface area contributed by atoms with Gasteiger partial charge >= 0.3 is 12.1 Å². The van der Waals surface area contributed by atoms with Crippen LogP contribution in [0.1, 0.15) is 22.6 Å². The SMILES string of the molecule is O=C(NC(Cc1cc(I)cc(I)c1O)C(=O)O)OCC1c2ccccc2-c2ccccc21. The van der Waals surface area contributed by atoms with Crippen LogP contribution < -0.4 is 5.32 Å². The highest BCUT2D eigenvalue weighted by atomic mass is 127. The lowest BCUT2D eigenvalue weighted by atomic mass is 9.98. The Morgan fingerprint density at radius 2 is 1.59 bits per heavy atom. The maximum Gasteiger partial charge on any atom is 0.407 e. The molecular weight excluding hydrogens is 636 g/mol. The average Bonchev–Trinajstić information content (AvgIpc) is 3.09. The molecule has 3 aromatic carbocycles. The number of carboxylic acid groups (broad SMARTS) is 1. The highest BCUT2D eigenvalue weighted by Crippen LogP contribution is 2.44. The van der Waals surface area contributed by atoms with E-state index >= 15 is 0 Å². The van der Waals surface area contributed by atoms with Crippen molar-refractivity contribution in [2.45, 2.75) is 18.4 Å². The first-order valence-electron chi connectivity index (χ1n) is 9.86. The van der Waals surface area contributed by atoms with Gasteiger partial charge in [0.25, 0.3) is 0 Å². The molecule has 32 heavy (non-hydrogen) atoms. The van der Waals surface area contributed by atoms with Crippen molar-refractivity contribution in [3.8, 4) is 16.9 Å². The molecule has 6 nitrogen and oxygen atoms in total. The van der Waals surface area contributed by atoms with Crippen LogP contribution >= 0.6 is 45.2 Å². The van der Waals surface area contributed by atoms with Crippen LogP contribution in [0, 0.1) is 7.14 Å². The number of hydrogen-bond donors (Lipinski definition) is 3. The largest absolute Gasteiger partial charge is 0.507 e. The Morgan fingerprint density at radius 1 is 1.00 bits per heavy atom. The molecule has 0 radical (unpaired) electrons. The van der Waals surface area contributed by atoms with E-state index in [1.54, 1.807) is 12.1 Å². The van der Waals surface area contributed by atoms with Crippen molar-refractivity contribution in [1.82, 2.24) is 5.32 Å². The van der Waals surface area contributed by atoms with E-state index in [0.717, 1.165) is 25.8 Å². The van der Waals surface area contributed by atoms with Crippen LogP contribution in [0.25, 0.3) is 11.1 Å². The molecule has 1 aliphatic rings. The van der Waals surface area contributed by atoms with Gasteiger partial charge in [0.15, 0.2) is 0 Å². The predicted molar refractivity (Wildman–Crippen MR) is 137 cm³/mol. The number of aliphatic carboxylic acids is 1. The molecule has 0 bridgehead atoms. The Morgan fingerprint density at radius 3 is 2.19 bits per heavy atom. The summed E-state index contributed by atoms with van der Waals surface area (Å²) >= 11 is 4.08. The number of phenols is 1. The number of hydrogen-bond acceptors (Lipinski definition) is 4. The van der Waals surface area contributed by atoms with Crippen molar-refractivity contribution in [2.75, 3.05) is 6.61 Å². The highest BCUT2D eigenvalue weighted by Gasteiger charge is 2.30. The van der Waals surface area contributed by atoms with Crippen LogP contribution in [-0.4, -0.2) is 34.9 Å². The van der Waals surface area contributed by atoms with E-state index in [-0.39, 0.29) is 24.7 Å². The van der Waals surface area contributed by atoms with Gasteiger partial charge in [0, 0.05) is 15.9 Å². The van der Waals surface area contributed by atoms with E-state index in [0.29, 0.717) is 9.13 Å². The molecule has 3 aromatic rings. The smallest absolute Gasteiger partial charge is 0.407 e. The number of benzene rings is 3. The fourth-order valence-corrected chi connectivity index (χ4v) is 5.94. The third-order valence-electron chi connectivity index (χ3n) is 5.47.